The molecule has 0 aromatic heterocycles. The Kier molecular flexibility index (Phi) is 6.25. The molecule has 1 saturated carbocycles. The van der Waals surface area contributed by atoms with Crippen LogP contribution in [0.25, 0.3) is 0 Å². The number of hydrogen-bond donors (Lipinski definition) is 2. The fraction of sp³-hybridized carbons (Fsp3) is 0.611. The molecular formula is C18H27NO3. The fourth-order valence-corrected chi connectivity index (χ4v) is 2.71. The first-order valence-corrected chi connectivity index (χ1v) is 8.21. The van der Waals surface area contributed by atoms with Crippen LogP contribution in [-0.2, 0) is 11.2 Å². The van der Waals surface area contributed by atoms with Crippen LogP contribution in [0.2, 0.25) is 0 Å². The number of aliphatic hydroxyl groups is 1. The average Bonchev–Trinajstić information content (AvgIpc) is 2.90. The lowest BCUT2D eigenvalue weighted by Gasteiger charge is -2.15. The van der Waals surface area contributed by atoms with E-state index in [0.717, 1.165) is 30.6 Å². The standard InChI is InChI=1S/C18H27NO3/c1-13(2)12-22-16-8-6-14(7-9-16)10-18(21)19-11-15-4-3-5-17(15)20/h6-9,13,15,17,20H,3-5,10-12H2,1-2H3,(H,19,21). The van der Waals surface area contributed by atoms with Crippen LogP contribution in [0.15, 0.2) is 24.3 Å². The van der Waals surface area contributed by atoms with Gasteiger partial charge in [-0.25, -0.2) is 0 Å². The molecule has 4 nitrogen and oxygen atoms in total. The molecule has 1 amide bonds. The number of hydrogen-bond acceptors (Lipinski definition) is 3. The van der Waals surface area contributed by atoms with Crippen LogP contribution in [0.3, 0.4) is 0 Å². The molecule has 1 fully saturated rings. The second-order valence-corrected chi connectivity index (χ2v) is 6.59. The van der Waals surface area contributed by atoms with Gasteiger partial charge >= 0.3 is 0 Å². The van der Waals surface area contributed by atoms with Crippen molar-refractivity contribution in [1.82, 2.24) is 5.32 Å². The summed E-state index contributed by atoms with van der Waals surface area (Å²) in [5.74, 6) is 1.56. The first kappa shape index (κ1) is 16.8. The number of ether oxygens (including phenoxy) is 1. The number of rotatable bonds is 7. The maximum absolute atomic E-state index is 12.0. The van der Waals surface area contributed by atoms with Crippen LogP contribution in [0.4, 0.5) is 0 Å². The number of benzene rings is 1. The fourth-order valence-electron chi connectivity index (χ4n) is 2.71. The van der Waals surface area contributed by atoms with Crippen molar-refractivity contribution in [3.8, 4) is 5.75 Å². The van der Waals surface area contributed by atoms with E-state index in [1.54, 1.807) is 0 Å². The van der Waals surface area contributed by atoms with Gasteiger partial charge in [-0.2, -0.15) is 0 Å². The number of carbonyl (C=O) groups excluding carboxylic acids is 1. The summed E-state index contributed by atoms with van der Waals surface area (Å²) in [6.07, 6.45) is 3.03. The molecule has 1 aromatic rings. The Labute approximate surface area is 132 Å². The van der Waals surface area contributed by atoms with Crippen molar-refractivity contribution in [3.05, 3.63) is 29.8 Å². The van der Waals surface area contributed by atoms with Gasteiger partial charge in [-0.05, 0) is 36.5 Å². The molecule has 0 spiro atoms. The van der Waals surface area contributed by atoms with Crippen LogP contribution in [0, 0.1) is 11.8 Å². The first-order chi connectivity index (χ1) is 10.5. The van der Waals surface area contributed by atoms with Crippen LogP contribution in [-0.4, -0.2) is 30.3 Å². The molecule has 0 aliphatic heterocycles. The van der Waals surface area contributed by atoms with Crippen molar-refractivity contribution in [2.24, 2.45) is 11.8 Å². The summed E-state index contributed by atoms with van der Waals surface area (Å²) in [4.78, 5) is 12.0. The van der Waals surface area contributed by atoms with Gasteiger partial charge in [-0.1, -0.05) is 32.4 Å². The van der Waals surface area contributed by atoms with Gasteiger partial charge in [-0.3, -0.25) is 4.79 Å². The van der Waals surface area contributed by atoms with Gasteiger partial charge in [0.2, 0.25) is 5.91 Å². The zero-order chi connectivity index (χ0) is 15.9. The Morgan fingerprint density at radius 1 is 1.32 bits per heavy atom. The molecule has 22 heavy (non-hydrogen) atoms. The third kappa shape index (κ3) is 5.34. The van der Waals surface area contributed by atoms with Crippen LogP contribution in [0.5, 0.6) is 5.75 Å². The van der Waals surface area contributed by atoms with Gasteiger partial charge in [0.15, 0.2) is 0 Å². The summed E-state index contributed by atoms with van der Waals surface area (Å²) in [7, 11) is 0. The lowest BCUT2D eigenvalue weighted by molar-refractivity contribution is -0.120. The molecule has 2 N–H and O–H groups in total. The summed E-state index contributed by atoms with van der Waals surface area (Å²) >= 11 is 0. The molecule has 0 bridgehead atoms. The lowest BCUT2D eigenvalue weighted by Crippen LogP contribution is -2.33. The second kappa shape index (κ2) is 8.18. The van der Waals surface area contributed by atoms with E-state index in [4.69, 9.17) is 4.74 Å². The van der Waals surface area contributed by atoms with Gasteiger partial charge < -0.3 is 15.2 Å². The predicted molar refractivity (Wildman–Crippen MR) is 86.8 cm³/mol. The molecule has 0 radical (unpaired) electrons. The summed E-state index contributed by atoms with van der Waals surface area (Å²) < 4.78 is 5.63. The molecule has 2 unspecified atom stereocenters. The zero-order valence-corrected chi connectivity index (χ0v) is 13.5. The highest BCUT2D eigenvalue weighted by Gasteiger charge is 2.25. The number of amides is 1. The van der Waals surface area contributed by atoms with Gasteiger partial charge in [0, 0.05) is 12.5 Å². The minimum absolute atomic E-state index is 0.00921. The van der Waals surface area contributed by atoms with E-state index in [0.29, 0.717) is 25.5 Å². The minimum atomic E-state index is -0.252. The maximum Gasteiger partial charge on any atom is 0.224 e. The molecule has 1 aliphatic rings. The van der Waals surface area contributed by atoms with Gasteiger partial charge in [0.25, 0.3) is 0 Å². The largest absolute Gasteiger partial charge is 0.493 e. The smallest absolute Gasteiger partial charge is 0.224 e. The molecule has 0 saturated heterocycles. The van der Waals surface area contributed by atoms with Crippen LogP contribution < -0.4 is 10.1 Å². The third-order valence-corrected chi connectivity index (χ3v) is 4.05. The van der Waals surface area contributed by atoms with E-state index in [1.165, 1.54) is 0 Å². The molecule has 122 valence electrons. The van der Waals surface area contributed by atoms with Crippen molar-refractivity contribution >= 4 is 5.91 Å². The van der Waals surface area contributed by atoms with E-state index >= 15 is 0 Å². The van der Waals surface area contributed by atoms with Crippen molar-refractivity contribution in [3.63, 3.8) is 0 Å². The molecule has 2 rings (SSSR count). The van der Waals surface area contributed by atoms with E-state index < -0.39 is 0 Å². The van der Waals surface area contributed by atoms with Gasteiger partial charge in [0.1, 0.15) is 5.75 Å². The van der Waals surface area contributed by atoms with E-state index in [2.05, 4.69) is 19.2 Å². The summed E-state index contributed by atoms with van der Waals surface area (Å²) in [6.45, 7) is 5.50. The number of carbonyl (C=O) groups is 1. The Balaban J connectivity index is 1.74. The molecule has 2 atom stereocenters. The molecule has 0 heterocycles. The maximum atomic E-state index is 12.0. The number of aliphatic hydroxyl groups excluding tert-OH is 1. The average molecular weight is 305 g/mol. The number of nitrogens with one attached hydrogen (secondary N) is 1. The quantitative estimate of drug-likeness (QED) is 0.814. The van der Waals surface area contributed by atoms with Crippen molar-refractivity contribution in [1.29, 1.82) is 0 Å². The summed E-state index contributed by atoms with van der Waals surface area (Å²) in [6, 6.07) is 7.68. The molecular weight excluding hydrogens is 278 g/mol. The minimum Gasteiger partial charge on any atom is -0.493 e. The van der Waals surface area contributed by atoms with Crippen molar-refractivity contribution < 1.29 is 14.6 Å². The van der Waals surface area contributed by atoms with Crippen LogP contribution >= 0.6 is 0 Å². The van der Waals surface area contributed by atoms with E-state index in [9.17, 15) is 9.90 Å². The molecule has 1 aromatic carbocycles. The Bertz CT molecular complexity index is 470. The van der Waals surface area contributed by atoms with E-state index in [-0.39, 0.29) is 17.9 Å². The Morgan fingerprint density at radius 2 is 2.05 bits per heavy atom. The Hall–Kier alpha value is -1.55. The monoisotopic (exact) mass is 305 g/mol. The van der Waals surface area contributed by atoms with Gasteiger partial charge in [0.05, 0.1) is 19.1 Å². The third-order valence-electron chi connectivity index (χ3n) is 4.05. The summed E-state index contributed by atoms with van der Waals surface area (Å²) in [5.41, 5.74) is 0.973. The van der Waals surface area contributed by atoms with Crippen molar-refractivity contribution in [2.75, 3.05) is 13.2 Å². The normalized spacial score (nSPS) is 21.1. The topological polar surface area (TPSA) is 58.6 Å². The highest BCUT2D eigenvalue weighted by Crippen LogP contribution is 2.24. The van der Waals surface area contributed by atoms with Crippen LogP contribution in [0.1, 0.15) is 38.7 Å². The van der Waals surface area contributed by atoms with E-state index in [1.807, 2.05) is 24.3 Å². The highest BCUT2D eigenvalue weighted by molar-refractivity contribution is 5.78. The zero-order valence-electron chi connectivity index (χ0n) is 13.5. The summed E-state index contributed by atoms with van der Waals surface area (Å²) in [5, 5.41) is 12.7. The van der Waals surface area contributed by atoms with Gasteiger partial charge in [-0.15, -0.1) is 0 Å². The predicted octanol–water partition coefficient (Wildman–Crippen LogP) is 2.54. The lowest BCUT2D eigenvalue weighted by atomic mass is 10.1. The second-order valence-electron chi connectivity index (χ2n) is 6.59. The molecule has 1 aliphatic carbocycles. The highest BCUT2D eigenvalue weighted by atomic mass is 16.5. The SMILES string of the molecule is CC(C)COc1ccc(CC(=O)NCC2CCCC2O)cc1. The Morgan fingerprint density at radius 3 is 2.64 bits per heavy atom. The molecule has 4 heteroatoms. The first-order valence-electron chi connectivity index (χ1n) is 8.21. The van der Waals surface area contributed by atoms with Crippen molar-refractivity contribution in [2.45, 2.75) is 45.6 Å².